The second-order valence-electron chi connectivity index (χ2n) is 4.95. The van der Waals surface area contributed by atoms with Crippen molar-refractivity contribution in [1.29, 1.82) is 0 Å². The maximum Gasteiger partial charge on any atom is 0.191 e. The highest BCUT2D eigenvalue weighted by Gasteiger charge is 2.03. The van der Waals surface area contributed by atoms with E-state index in [2.05, 4.69) is 15.6 Å². The molecule has 1 unspecified atom stereocenters. The SMILES string of the molecule is CCNC(=NCc1ccc(C)c(F)c1)NCC(C)CO.I. The third-order valence-corrected chi connectivity index (χ3v) is 2.93. The van der Waals surface area contributed by atoms with Gasteiger partial charge in [0, 0.05) is 19.7 Å². The largest absolute Gasteiger partial charge is 0.396 e. The van der Waals surface area contributed by atoms with Crippen molar-refractivity contribution in [3.05, 3.63) is 35.1 Å². The molecule has 0 aliphatic carbocycles. The average Bonchev–Trinajstić information content (AvgIpc) is 2.45. The molecule has 0 spiro atoms. The number of nitrogens with one attached hydrogen (secondary N) is 2. The predicted octanol–water partition coefficient (Wildman–Crippen LogP) is 2.44. The lowest BCUT2D eigenvalue weighted by Gasteiger charge is -2.14. The van der Waals surface area contributed by atoms with Gasteiger partial charge in [-0.3, -0.25) is 0 Å². The van der Waals surface area contributed by atoms with Gasteiger partial charge in [-0.05, 0) is 37.0 Å². The van der Waals surface area contributed by atoms with Gasteiger partial charge in [-0.15, -0.1) is 24.0 Å². The van der Waals surface area contributed by atoms with Crippen LogP contribution in [0.1, 0.15) is 25.0 Å². The number of aliphatic hydroxyl groups excluding tert-OH is 1. The lowest BCUT2D eigenvalue weighted by atomic mass is 10.1. The fourth-order valence-corrected chi connectivity index (χ4v) is 1.58. The summed E-state index contributed by atoms with van der Waals surface area (Å²) in [4.78, 5) is 4.41. The summed E-state index contributed by atoms with van der Waals surface area (Å²) in [6.45, 7) is 7.62. The van der Waals surface area contributed by atoms with Gasteiger partial charge in [-0.25, -0.2) is 9.38 Å². The fourth-order valence-electron chi connectivity index (χ4n) is 1.58. The van der Waals surface area contributed by atoms with Crippen molar-refractivity contribution in [2.45, 2.75) is 27.3 Å². The number of rotatable bonds is 6. The van der Waals surface area contributed by atoms with Crippen LogP contribution in [0.4, 0.5) is 4.39 Å². The van der Waals surface area contributed by atoms with Crippen LogP contribution in [0.3, 0.4) is 0 Å². The smallest absolute Gasteiger partial charge is 0.191 e. The third-order valence-electron chi connectivity index (χ3n) is 2.93. The zero-order valence-electron chi connectivity index (χ0n) is 12.8. The summed E-state index contributed by atoms with van der Waals surface area (Å²) < 4.78 is 13.4. The number of aliphatic hydroxyl groups is 1. The zero-order valence-corrected chi connectivity index (χ0v) is 15.1. The van der Waals surface area contributed by atoms with Crippen LogP contribution in [0.2, 0.25) is 0 Å². The van der Waals surface area contributed by atoms with Gasteiger partial charge in [-0.1, -0.05) is 19.1 Å². The Hall–Kier alpha value is -0.890. The minimum absolute atomic E-state index is 0. The molecule has 0 heterocycles. The van der Waals surface area contributed by atoms with E-state index in [1.807, 2.05) is 19.9 Å². The second-order valence-corrected chi connectivity index (χ2v) is 4.95. The normalized spacial score (nSPS) is 12.5. The molecule has 0 aliphatic rings. The van der Waals surface area contributed by atoms with Crippen molar-refractivity contribution in [1.82, 2.24) is 10.6 Å². The van der Waals surface area contributed by atoms with Crippen LogP contribution in [-0.2, 0) is 6.54 Å². The minimum atomic E-state index is -0.204. The molecule has 0 saturated heterocycles. The predicted molar refractivity (Wildman–Crippen MR) is 95.6 cm³/mol. The lowest BCUT2D eigenvalue weighted by Crippen LogP contribution is -2.39. The summed E-state index contributed by atoms with van der Waals surface area (Å²) in [5.74, 6) is 0.633. The van der Waals surface area contributed by atoms with Crippen molar-refractivity contribution in [3.8, 4) is 0 Å². The Kier molecular flexibility index (Phi) is 10.3. The quantitative estimate of drug-likeness (QED) is 0.385. The highest BCUT2D eigenvalue weighted by atomic mass is 127. The van der Waals surface area contributed by atoms with Crippen LogP contribution in [-0.4, -0.2) is 30.8 Å². The standard InChI is InChI=1S/C15H24FN3O.HI/c1-4-17-15(18-8-11(2)10-20)19-9-13-6-5-12(3)14(16)7-13;/h5-7,11,20H,4,8-10H2,1-3H3,(H2,17,18,19);1H. The van der Waals surface area contributed by atoms with E-state index >= 15 is 0 Å². The Balaban J connectivity index is 0.00000400. The van der Waals surface area contributed by atoms with Gasteiger partial charge < -0.3 is 15.7 Å². The van der Waals surface area contributed by atoms with Crippen molar-refractivity contribution in [3.63, 3.8) is 0 Å². The molecule has 0 fully saturated rings. The van der Waals surface area contributed by atoms with E-state index in [9.17, 15) is 4.39 Å². The summed E-state index contributed by atoms with van der Waals surface area (Å²) in [6, 6.07) is 5.15. The zero-order chi connectivity index (χ0) is 15.0. The van der Waals surface area contributed by atoms with Gasteiger partial charge in [0.2, 0.25) is 0 Å². The number of halogens is 2. The molecule has 3 N–H and O–H groups in total. The molecule has 1 rings (SSSR count). The van der Waals surface area contributed by atoms with Crippen LogP contribution < -0.4 is 10.6 Å². The topological polar surface area (TPSA) is 56.7 Å². The van der Waals surface area contributed by atoms with E-state index in [0.717, 1.165) is 12.1 Å². The number of benzene rings is 1. The highest BCUT2D eigenvalue weighted by molar-refractivity contribution is 14.0. The first-order chi connectivity index (χ1) is 9.56. The first kappa shape index (κ1) is 20.1. The molecule has 1 aromatic carbocycles. The lowest BCUT2D eigenvalue weighted by molar-refractivity contribution is 0.238. The molecule has 4 nitrogen and oxygen atoms in total. The second kappa shape index (κ2) is 10.8. The number of nitrogens with zero attached hydrogens (tertiary/aromatic N) is 1. The average molecular weight is 409 g/mol. The number of hydrogen-bond acceptors (Lipinski definition) is 2. The summed E-state index contributed by atoms with van der Waals surface area (Å²) >= 11 is 0. The van der Waals surface area contributed by atoms with E-state index < -0.39 is 0 Å². The van der Waals surface area contributed by atoms with Gasteiger partial charge >= 0.3 is 0 Å². The van der Waals surface area contributed by atoms with Gasteiger partial charge in [0.05, 0.1) is 6.54 Å². The monoisotopic (exact) mass is 409 g/mol. The molecule has 6 heteroatoms. The van der Waals surface area contributed by atoms with Crippen LogP contribution in [0.15, 0.2) is 23.2 Å². The summed E-state index contributed by atoms with van der Waals surface area (Å²) in [7, 11) is 0. The number of hydrogen-bond donors (Lipinski definition) is 3. The molecule has 0 amide bonds. The van der Waals surface area contributed by atoms with E-state index in [4.69, 9.17) is 5.11 Å². The van der Waals surface area contributed by atoms with E-state index in [1.165, 1.54) is 6.07 Å². The summed E-state index contributed by atoms with van der Waals surface area (Å²) in [5.41, 5.74) is 1.47. The fraction of sp³-hybridized carbons (Fsp3) is 0.533. The van der Waals surface area contributed by atoms with Gasteiger partial charge in [-0.2, -0.15) is 0 Å². The van der Waals surface area contributed by atoms with Crippen molar-refractivity contribution >= 4 is 29.9 Å². The van der Waals surface area contributed by atoms with E-state index in [0.29, 0.717) is 24.6 Å². The van der Waals surface area contributed by atoms with Crippen LogP contribution in [0, 0.1) is 18.7 Å². The molecule has 0 aliphatic heterocycles. The molecule has 1 atom stereocenters. The highest BCUT2D eigenvalue weighted by Crippen LogP contribution is 2.09. The first-order valence-electron chi connectivity index (χ1n) is 6.94. The number of aryl methyl sites for hydroxylation is 1. The Morgan fingerprint density at radius 3 is 2.67 bits per heavy atom. The van der Waals surface area contributed by atoms with Crippen LogP contribution in [0.25, 0.3) is 0 Å². The third kappa shape index (κ3) is 7.61. The molecule has 0 saturated carbocycles. The minimum Gasteiger partial charge on any atom is -0.396 e. The number of guanidine groups is 1. The van der Waals surface area contributed by atoms with Gasteiger partial charge in [0.15, 0.2) is 5.96 Å². The molecule has 120 valence electrons. The van der Waals surface area contributed by atoms with Crippen molar-refractivity contribution in [2.24, 2.45) is 10.9 Å². The Bertz CT molecular complexity index is 455. The first-order valence-corrected chi connectivity index (χ1v) is 6.94. The van der Waals surface area contributed by atoms with Gasteiger partial charge in [0.1, 0.15) is 5.82 Å². The molecular formula is C15H25FIN3O. The molecule has 0 radical (unpaired) electrons. The van der Waals surface area contributed by atoms with Crippen LogP contribution >= 0.6 is 24.0 Å². The van der Waals surface area contributed by atoms with Gasteiger partial charge in [0.25, 0.3) is 0 Å². The molecule has 21 heavy (non-hydrogen) atoms. The summed E-state index contributed by atoms with van der Waals surface area (Å²) in [6.07, 6.45) is 0. The molecule has 0 aromatic heterocycles. The number of aliphatic imine (C=N–C) groups is 1. The van der Waals surface area contributed by atoms with Crippen molar-refractivity contribution < 1.29 is 9.50 Å². The molecule has 0 bridgehead atoms. The van der Waals surface area contributed by atoms with E-state index in [1.54, 1.807) is 13.0 Å². The Morgan fingerprint density at radius 2 is 2.10 bits per heavy atom. The summed E-state index contributed by atoms with van der Waals surface area (Å²) in [5, 5.41) is 15.3. The maximum absolute atomic E-state index is 13.4. The molecular weight excluding hydrogens is 384 g/mol. The molecule has 1 aromatic rings. The van der Waals surface area contributed by atoms with Crippen molar-refractivity contribution in [2.75, 3.05) is 19.7 Å². The van der Waals surface area contributed by atoms with E-state index in [-0.39, 0.29) is 42.3 Å². The Morgan fingerprint density at radius 1 is 1.38 bits per heavy atom. The Labute approximate surface area is 143 Å². The maximum atomic E-state index is 13.4. The van der Waals surface area contributed by atoms with Crippen LogP contribution in [0.5, 0.6) is 0 Å².